The van der Waals surface area contributed by atoms with Crippen molar-refractivity contribution < 1.29 is 0 Å². The maximum absolute atomic E-state index is 4.80. The minimum atomic E-state index is 0.237. The fraction of sp³-hybridized carbons (Fsp3) is 0.294. The van der Waals surface area contributed by atoms with Gasteiger partial charge in [0, 0.05) is 18.1 Å². The van der Waals surface area contributed by atoms with E-state index in [0.717, 1.165) is 17.3 Å². The normalized spacial score (nSPS) is 19.1. The highest BCUT2D eigenvalue weighted by Crippen LogP contribution is 2.22. The molecule has 21 heavy (non-hydrogen) atoms. The number of thioether (sulfide) groups is 1. The number of nitrogens with one attached hydrogen (secondary N) is 1. The lowest BCUT2D eigenvalue weighted by Gasteiger charge is -2.14. The number of benzene rings is 1. The molecule has 1 aliphatic heterocycles. The Bertz CT molecular complexity index is 598. The third-order valence-corrected chi connectivity index (χ3v) is 4.60. The van der Waals surface area contributed by atoms with Gasteiger partial charge in [0.05, 0.1) is 12.1 Å². The first-order valence-electron chi connectivity index (χ1n) is 7.22. The predicted octanol–water partition coefficient (Wildman–Crippen LogP) is 3.45. The molecule has 0 bridgehead atoms. The van der Waals surface area contributed by atoms with Crippen molar-refractivity contribution in [3.05, 3.63) is 66.0 Å². The number of amidine groups is 1. The van der Waals surface area contributed by atoms with Crippen molar-refractivity contribution in [1.82, 2.24) is 10.3 Å². The number of hydrogen-bond donors (Lipinski definition) is 1. The van der Waals surface area contributed by atoms with Gasteiger partial charge >= 0.3 is 0 Å². The Morgan fingerprint density at radius 3 is 2.86 bits per heavy atom. The Morgan fingerprint density at radius 1 is 1.24 bits per heavy atom. The lowest BCUT2D eigenvalue weighted by Crippen LogP contribution is -2.23. The van der Waals surface area contributed by atoms with Crippen molar-refractivity contribution in [3.8, 4) is 0 Å². The van der Waals surface area contributed by atoms with E-state index >= 15 is 0 Å². The second-order valence-electron chi connectivity index (χ2n) is 5.24. The number of hydrogen-bond acceptors (Lipinski definition) is 4. The Labute approximate surface area is 129 Å². The largest absolute Gasteiger partial charge is 0.358 e. The minimum Gasteiger partial charge on any atom is -0.358 e. The summed E-state index contributed by atoms with van der Waals surface area (Å²) in [6, 6.07) is 15.2. The van der Waals surface area contributed by atoms with E-state index in [1.165, 1.54) is 11.1 Å². The van der Waals surface area contributed by atoms with Gasteiger partial charge in [-0.05, 0) is 30.5 Å². The van der Waals surface area contributed by atoms with Gasteiger partial charge < -0.3 is 5.32 Å². The van der Waals surface area contributed by atoms with Gasteiger partial charge in [0.1, 0.15) is 0 Å². The molecule has 108 valence electrons. The van der Waals surface area contributed by atoms with Crippen molar-refractivity contribution >= 4 is 16.9 Å². The van der Waals surface area contributed by atoms with E-state index < -0.39 is 0 Å². The van der Waals surface area contributed by atoms with Gasteiger partial charge in [0.15, 0.2) is 5.17 Å². The van der Waals surface area contributed by atoms with E-state index in [9.17, 15) is 0 Å². The molecule has 1 aliphatic rings. The monoisotopic (exact) mass is 297 g/mol. The maximum Gasteiger partial charge on any atom is 0.157 e. The summed E-state index contributed by atoms with van der Waals surface area (Å²) in [6.07, 6.45) is 4.72. The number of aromatic nitrogens is 1. The van der Waals surface area contributed by atoms with Gasteiger partial charge in [0.2, 0.25) is 0 Å². The van der Waals surface area contributed by atoms with E-state index in [4.69, 9.17) is 4.99 Å². The quantitative estimate of drug-likeness (QED) is 0.939. The van der Waals surface area contributed by atoms with Gasteiger partial charge in [-0.3, -0.25) is 9.98 Å². The zero-order valence-electron chi connectivity index (χ0n) is 12.1. The van der Waals surface area contributed by atoms with E-state index in [1.54, 1.807) is 6.20 Å². The van der Waals surface area contributed by atoms with Crippen LogP contribution >= 0.6 is 11.8 Å². The van der Waals surface area contributed by atoms with Crippen molar-refractivity contribution in [2.75, 3.05) is 5.75 Å². The third-order valence-electron chi connectivity index (χ3n) is 3.55. The second kappa shape index (κ2) is 6.76. The van der Waals surface area contributed by atoms with Gasteiger partial charge in [-0.1, -0.05) is 48.2 Å². The van der Waals surface area contributed by atoms with Crippen molar-refractivity contribution in [3.63, 3.8) is 0 Å². The number of aliphatic imine (C=N–C) groups is 1. The van der Waals surface area contributed by atoms with Crippen LogP contribution in [0.3, 0.4) is 0 Å². The molecule has 2 unspecified atom stereocenters. The predicted molar refractivity (Wildman–Crippen MR) is 89.6 cm³/mol. The summed E-state index contributed by atoms with van der Waals surface area (Å²) >= 11 is 1.81. The molecule has 0 amide bonds. The molecule has 0 spiro atoms. The molecule has 2 heterocycles. The van der Waals surface area contributed by atoms with Gasteiger partial charge in [-0.25, -0.2) is 0 Å². The molecule has 4 heteroatoms. The van der Waals surface area contributed by atoms with Crippen LogP contribution in [0.5, 0.6) is 0 Å². The zero-order valence-corrected chi connectivity index (χ0v) is 12.9. The fourth-order valence-corrected chi connectivity index (χ4v) is 3.41. The Morgan fingerprint density at radius 2 is 2.10 bits per heavy atom. The lowest BCUT2D eigenvalue weighted by atomic mass is 10.1. The van der Waals surface area contributed by atoms with E-state index in [2.05, 4.69) is 53.6 Å². The molecule has 0 fully saturated rings. The van der Waals surface area contributed by atoms with Gasteiger partial charge in [0.25, 0.3) is 0 Å². The van der Waals surface area contributed by atoms with Crippen LogP contribution in [0.4, 0.5) is 0 Å². The Kier molecular flexibility index (Phi) is 4.55. The standard InChI is InChI=1S/C17H19N3S/c1-13(15-8-5-9-18-11-15)19-17-20-16(12-21-17)10-14-6-3-2-4-7-14/h2-9,11,13,16H,10,12H2,1H3,(H,19,20). The summed E-state index contributed by atoms with van der Waals surface area (Å²) in [6.45, 7) is 2.14. The maximum atomic E-state index is 4.80. The molecule has 1 aromatic carbocycles. The first-order chi connectivity index (χ1) is 10.3. The summed E-state index contributed by atoms with van der Waals surface area (Å²) in [4.78, 5) is 8.96. The molecule has 0 saturated carbocycles. The van der Waals surface area contributed by atoms with Gasteiger partial charge in [-0.2, -0.15) is 0 Å². The molecule has 3 rings (SSSR count). The summed E-state index contributed by atoms with van der Waals surface area (Å²) in [5, 5.41) is 4.53. The van der Waals surface area contributed by atoms with Crippen LogP contribution in [0.2, 0.25) is 0 Å². The van der Waals surface area contributed by atoms with E-state index in [0.29, 0.717) is 6.04 Å². The van der Waals surface area contributed by atoms with Crippen LogP contribution in [0.1, 0.15) is 24.1 Å². The van der Waals surface area contributed by atoms with Crippen molar-refractivity contribution in [2.45, 2.75) is 25.4 Å². The molecule has 0 saturated heterocycles. The Balaban J connectivity index is 1.59. The molecule has 1 aromatic heterocycles. The van der Waals surface area contributed by atoms with Crippen LogP contribution in [0.25, 0.3) is 0 Å². The van der Waals surface area contributed by atoms with Crippen LogP contribution in [-0.2, 0) is 6.42 Å². The molecule has 0 radical (unpaired) electrons. The molecule has 2 aromatic rings. The number of pyridine rings is 1. The first-order valence-corrected chi connectivity index (χ1v) is 8.21. The minimum absolute atomic E-state index is 0.237. The number of rotatable bonds is 4. The second-order valence-corrected chi connectivity index (χ2v) is 6.25. The SMILES string of the molecule is CC(NC1=NC(Cc2ccccc2)CS1)c1cccnc1. The molecule has 3 nitrogen and oxygen atoms in total. The molecular formula is C17H19N3S. The molecule has 1 N–H and O–H groups in total. The molecule has 2 atom stereocenters. The van der Waals surface area contributed by atoms with Crippen molar-refractivity contribution in [2.24, 2.45) is 4.99 Å². The van der Waals surface area contributed by atoms with Crippen molar-refractivity contribution in [1.29, 1.82) is 0 Å². The average Bonchev–Trinajstić information content (AvgIpc) is 2.96. The van der Waals surface area contributed by atoms with Gasteiger partial charge in [-0.15, -0.1) is 0 Å². The van der Waals surface area contributed by atoms with E-state index in [1.807, 2.05) is 24.0 Å². The Hall–Kier alpha value is -1.81. The summed E-state index contributed by atoms with van der Waals surface area (Å²) in [5.74, 6) is 1.05. The first kappa shape index (κ1) is 14.1. The average molecular weight is 297 g/mol. The summed E-state index contributed by atoms with van der Waals surface area (Å²) in [7, 11) is 0. The number of nitrogens with zero attached hydrogens (tertiary/aromatic N) is 2. The highest BCUT2D eigenvalue weighted by molar-refractivity contribution is 8.14. The van der Waals surface area contributed by atoms with E-state index in [-0.39, 0.29) is 6.04 Å². The molecular weight excluding hydrogens is 278 g/mol. The lowest BCUT2D eigenvalue weighted by molar-refractivity contribution is 0.706. The molecule has 0 aliphatic carbocycles. The smallest absolute Gasteiger partial charge is 0.157 e. The fourth-order valence-electron chi connectivity index (χ4n) is 2.39. The van der Waals surface area contributed by atoms with Crippen LogP contribution < -0.4 is 5.32 Å². The van der Waals surface area contributed by atoms with Crippen LogP contribution in [0.15, 0.2) is 59.9 Å². The van der Waals surface area contributed by atoms with Crippen LogP contribution in [-0.4, -0.2) is 21.9 Å². The zero-order chi connectivity index (χ0) is 14.5. The third kappa shape index (κ3) is 3.85. The van der Waals surface area contributed by atoms with Crippen LogP contribution in [0, 0.1) is 0 Å². The highest BCUT2D eigenvalue weighted by Gasteiger charge is 2.20. The summed E-state index contributed by atoms with van der Waals surface area (Å²) in [5.41, 5.74) is 2.54. The highest BCUT2D eigenvalue weighted by atomic mass is 32.2. The topological polar surface area (TPSA) is 37.3 Å². The summed E-state index contributed by atoms with van der Waals surface area (Å²) < 4.78 is 0.